The van der Waals surface area contributed by atoms with Gasteiger partial charge < -0.3 is 19.7 Å². The van der Waals surface area contributed by atoms with Crippen molar-refractivity contribution >= 4 is 23.2 Å². The van der Waals surface area contributed by atoms with Crippen molar-refractivity contribution < 1.29 is 14.3 Å². The molecular formula is C17H23ClN2O3. The molecule has 126 valence electrons. The number of carbonyl (C=O) groups excluding carboxylic acids is 1. The summed E-state index contributed by atoms with van der Waals surface area (Å²) in [5, 5.41) is 3.63. The van der Waals surface area contributed by atoms with Crippen LogP contribution < -0.4 is 5.32 Å². The first-order chi connectivity index (χ1) is 11.1. The molecule has 0 saturated carbocycles. The number of piperidine rings is 1. The van der Waals surface area contributed by atoms with Crippen molar-refractivity contribution in [2.75, 3.05) is 38.2 Å². The van der Waals surface area contributed by atoms with Crippen LogP contribution in [0, 0.1) is 6.92 Å². The molecule has 2 heterocycles. The van der Waals surface area contributed by atoms with Crippen molar-refractivity contribution in [3.05, 3.63) is 28.8 Å². The van der Waals surface area contributed by atoms with Crippen LogP contribution in [0.5, 0.6) is 0 Å². The maximum atomic E-state index is 12.1. The fourth-order valence-electron chi connectivity index (χ4n) is 3.14. The van der Waals surface area contributed by atoms with Crippen LogP contribution >= 0.6 is 11.6 Å². The van der Waals surface area contributed by atoms with Crippen LogP contribution in [0.15, 0.2) is 18.2 Å². The zero-order chi connectivity index (χ0) is 16.3. The number of benzene rings is 1. The summed E-state index contributed by atoms with van der Waals surface area (Å²) < 4.78 is 11.4. The van der Waals surface area contributed by atoms with Gasteiger partial charge in [0.2, 0.25) is 5.91 Å². The molecule has 2 saturated heterocycles. The van der Waals surface area contributed by atoms with Crippen LogP contribution in [0.2, 0.25) is 5.02 Å². The minimum absolute atomic E-state index is 0.0316. The predicted molar refractivity (Wildman–Crippen MR) is 89.7 cm³/mol. The first-order valence-corrected chi connectivity index (χ1v) is 8.50. The molecule has 0 bridgehead atoms. The molecule has 2 aliphatic rings. The zero-order valence-electron chi connectivity index (χ0n) is 13.4. The molecule has 1 aromatic rings. The number of nitrogens with one attached hydrogen (secondary N) is 1. The van der Waals surface area contributed by atoms with Crippen LogP contribution in [0.3, 0.4) is 0 Å². The van der Waals surface area contributed by atoms with E-state index in [0.29, 0.717) is 24.7 Å². The van der Waals surface area contributed by atoms with Crippen LogP contribution in [-0.2, 0) is 14.3 Å². The molecule has 23 heavy (non-hydrogen) atoms. The minimum atomic E-state index is -0.348. The number of nitrogens with zero attached hydrogens (tertiary/aromatic N) is 1. The second-order valence-corrected chi connectivity index (χ2v) is 6.64. The van der Waals surface area contributed by atoms with Gasteiger partial charge in [0.15, 0.2) is 5.79 Å². The highest BCUT2D eigenvalue weighted by Crippen LogP contribution is 2.31. The Morgan fingerprint density at radius 3 is 2.65 bits per heavy atom. The molecular weight excluding hydrogens is 316 g/mol. The van der Waals surface area contributed by atoms with Crippen LogP contribution in [0.25, 0.3) is 0 Å². The molecule has 1 aromatic carbocycles. The maximum absolute atomic E-state index is 12.1. The van der Waals surface area contributed by atoms with Gasteiger partial charge >= 0.3 is 0 Å². The molecule has 0 aliphatic carbocycles. The molecule has 0 aromatic heterocycles. The van der Waals surface area contributed by atoms with E-state index in [4.69, 9.17) is 21.1 Å². The lowest BCUT2D eigenvalue weighted by Gasteiger charge is -2.37. The van der Waals surface area contributed by atoms with Crippen molar-refractivity contribution in [1.29, 1.82) is 0 Å². The molecule has 6 heteroatoms. The Morgan fingerprint density at radius 1 is 1.30 bits per heavy atom. The van der Waals surface area contributed by atoms with Crippen molar-refractivity contribution in [3.8, 4) is 0 Å². The Labute approximate surface area is 141 Å². The van der Waals surface area contributed by atoms with E-state index in [1.807, 2.05) is 19.1 Å². The first kappa shape index (κ1) is 16.7. The fourth-order valence-corrected chi connectivity index (χ4v) is 3.37. The lowest BCUT2D eigenvalue weighted by Crippen LogP contribution is -2.45. The Hall–Kier alpha value is -1.14. The highest BCUT2D eigenvalue weighted by molar-refractivity contribution is 6.30. The van der Waals surface area contributed by atoms with E-state index in [0.717, 1.165) is 43.7 Å². The number of ether oxygens (including phenoxy) is 2. The lowest BCUT2D eigenvalue weighted by molar-refractivity contribution is -0.185. The van der Waals surface area contributed by atoms with Gasteiger partial charge in [-0.05, 0) is 30.7 Å². The van der Waals surface area contributed by atoms with Gasteiger partial charge in [-0.3, -0.25) is 4.79 Å². The second-order valence-electron chi connectivity index (χ2n) is 6.21. The number of aryl methyl sites for hydroxylation is 1. The highest BCUT2D eigenvalue weighted by Gasteiger charge is 2.39. The summed E-state index contributed by atoms with van der Waals surface area (Å²) in [6, 6.07) is 5.48. The Balaban J connectivity index is 1.43. The Morgan fingerprint density at radius 2 is 2.00 bits per heavy atom. The summed E-state index contributed by atoms with van der Waals surface area (Å²) in [4.78, 5) is 14.4. The van der Waals surface area contributed by atoms with Gasteiger partial charge in [0.1, 0.15) is 0 Å². The van der Waals surface area contributed by atoms with Gasteiger partial charge in [-0.1, -0.05) is 11.6 Å². The second kappa shape index (κ2) is 7.18. The Kier molecular flexibility index (Phi) is 5.21. The summed E-state index contributed by atoms with van der Waals surface area (Å²) in [5.41, 5.74) is 1.80. The van der Waals surface area contributed by atoms with Crippen molar-refractivity contribution in [2.24, 2.45) is 0 Å². The van der Waals surface area contributed by atoms with Gasteiger partial charge in [-0.15, -0.1) is 0 Å². The first-order valence-electron chi connectivity index (χ1n) is 8.13. The topological polar surface area (TPSA) is 50.8 Å². The van der Waals surface area contributed by atoms with Crippen molar-refractivity contribution in [2.45, 2.75) is 32.0 Å². The average molecular weight is 339 g/mol. The summed E-state index contributed by atoms with van der Waals surface area (Å²) in [6.07, 6.45) is 2.24. The molecule has 0 radical (unpaired) electrons. The molecule has 1 N–H and O–H groups in total. The smallest absolute Gasteiger partial charge is 0.225 e. The number of anilines is 1. The number of halogens is 1. The highest BCUT2D eigenvalue weighted by atomic mass is 35.5. The molecule has 0 atom stereocenters. The zero-order valence-corrected chi connectivity index (χ0v) is 14.2. The monoisotopic (exact) mass is 338 g/mol. The van der Waals surface area contributed by atoms with E-state index >= 15 is 0 Å². The van der Waals surface area contributed by atoms with Gasteiger partial charge in [-0.2, -0.15) is 0 Å². The third-order valence-electron chi connectivity index (χ3n) is 4.55. The quantitative estimate of drug-likeness (QED) is 0.917. The van der Waals surface area contributed by atoms with E-state index < -0.39 is 0 Å². The lowest BCUT2D eigenvalue weighted by atomic mass is 10.0. The third kappa shape index (κ3) is 4.23. The van der Waals surface area contributed by atoms with Gasteiger partial charge in [0.05, 0.1) is 13.2 Å². The number of amides is 1. The molecule has 1 spiro atoms. The van der Waals surface area contributed by atoms with E-state index in [-0.39, 0.29) is 11.7 Å². The van der Waals surface area contributed by atoms with Crippen LogP contribution in [0.1, 0.15) is 24.8 Å². The predicted octanol–water partition coefficient (Wildman–Crippen LogP) is 2.82. The summed E-state index contributed by atoms with van der Waals surface area (Å²) in [6.45, 7) is 5.91. The number of hydrogen-bond donors (Lipinski definition) is 1. The maximum Gasteiger partial charge on any atom is 0.225 e. The van der Waals surface area contributed by atoms with E-state index in [1.54, 1.807) is 6.07 Å². The number of likely N-dealkylation sites (tertiary alicyclic amines) is 1. The number of rotatable bonds is 4. The third-order valence-corrected chi connectivity index (χ3v) is 4.78. The summed E-state index contributed by atoms with van der Waals surface area (Å²) >= 11 is 5.93. The summed E-state index contributed by atoms with van der Waals surface area (Å²) in [7, 11) is 0. The number of hydrogen-bond acceptors (Lipinski definition) is 4. The van der Waals surface area contributed by atoms with Gasteiger partial charge in [0.25, 0.3) is 0 Å². The molecule has 3 rings (SSSR count). The minimum Gasteiger partial charge on any atom is -0.347 e. The normalized spacial score (nSPS) is 20.8. The molecule has 2 fully saturated rings. The fraction of sp³-hybridized carbons (Fsp3) is 0.588. The van der Waals surface area contributed by atoms with E-state index in [1.165, 1.54) is 0 Å². The van der Waals surface area contributed by atoms with Crippen LogP contribution in [-0.4, -0.2) is 49.4 Å². The van der Waals surface area contributed by atoms with E-state index in [2.05, 4.69) is 10.2 Å². The average Bonchev–Trinajstić information content (AvgIpc) is 2.98. The molecule has 2 aliphatic heterocycles. The molecule has 1 amide bonds. The van der Waals surface area contributed by atoms with Crippen molar-refractivity contribution in [1.82, 2.24) is 4.90 Å². The SMILES string of the molecule is Cc1cc(Cl)ccc1NC(=O)CCN1CCC2(CC1)OCCO2. The summed E-state index contributed by atoms with van der Waals surface area (Å²) in [5.74, 6) is -0.316. The molecule has 5 nitrogen and oxygen atoms in total. The molecule has 0 unspecified atom stereocenters. The van der Waals surface area contributed by atoms with Gasteiger partial charge in [0, 0.05) is 49.6 Å². The Bertz CT molecular complexity index is 563. The largest absolute Gasteiger partial charge is 0.347 e. The standard InChI is InChI=1S/C17H23ClN2O3/c1-13-12-14(18)2-3-15(13)19-16(21)4-7-20-8-5-17(6-9-20)22-10-11-23-17/h2-3,12H,4-11H2,1H3,(H,19,21). The number of carbonyl (C=O) groups is 1. The van der Waals surface area contributed by atoms with Crippen LogP contribution in [0.4, 0.5) is 5.69 Å². The van der Waals surface area contributed by atoms with Crippen molar-refractivity contribution in [3.63, 3.8) is 0 Å². The van der Waals surface area contributed by atoms with Gasteiger partial charge in [-0.25, -0.2) is 0 Å². The van der Waals surface area contributed by atoms with E-state index in [9.17, 15) is 4.79 Å².